The van der Waals surface area contributed by atoms with E-state index in [0.717, 1.165) is 0 Å². The molecule has 9 nitrogen and oxygen atoms in total. The molecule has 0 saturated carbocycles. The van der Waals surface area contributed by atoms with Crippen molar-refractivity contribution in [2.75, 3.05) is 24.9 Å². The van der Waals surface area contributed by atoms with Gasteiger partial charge in [-0.15, -0.1) is 0 Å². The summed E-state index contributed by atoms with van der Waals surface area (Å²) in [7, 11) is 2.87. The summed E-state index contributed by atoms with van der Waals surface area (Å²) in [4.78, 5) is 34.3. The SMILES string of the molecule is CON=C(N)c1ccc(C(=O)Nc2ccc(OC)cc2C(=O)Nc2ccc(Cl)cn2)cc1. The molecule has 2 aromatic carbocycles. The lowest BCUT2D eigenvalue weighted by Crippen LogP contribution is -2.19. The summed E-state index contributed by atoms with van der Waals surface area (Å²) >= 11 is 5.83. The van der Waals surface area contributed by atoms with Gasteiger partial charge in [-0.1, -0.05) is 28.9 Å². The first-order valence-electron chi connectivity index (χ1n) is 9.30. The number of nitrogens with zero attached hydrogens (tertiary/aromatic N) is 2. The van der Waals surface area contributed by atoms with Crippen LogP contribution < -0.4 is 21.1 Å². The number of ether oxygens (including phenoxy) is 1. The van der Waals surface area contributed by atoms with E-state index in [1.54, 1.807) is 48.5 Å². The average molecular weight is 454 g/mol. The van der Waals surface area contributed by atoms with Crippen molar-refractivity contribution in [2.45, 2.75) is 0 Å². The van der Waals surface area contributed by atoms with Gasteiger partial charge >= 0.3 is 0 Å². The summed E-state index contributed by atoms with van der Waals surface area (Å²) in [6.45, 7) is 0. The van der Waals surface area contributed by atoms with Crippen molar-refractivity contribution in [3.63, 3.8) is 0 Å². The number of amides is 2. The standard InChI is InChI=1S/C22H20ClN5O4/c1-31-16-8-9-18(17(11-16)22(30)27-19-10-7-15(23)12-25-19)26-21(29)14-5-3-13(4-6-14)20(24)28-32-2/h3-12H,1-2H3,(H2,24,28)(H,26,29)(H,25,27,30). The molecule has 0 bridgehead atoms. The van der Waals surface area contributed by atoms with Crippen LogP contribution in [-0.2, 0) is 4.84 Å². The molecule has 0 aliphatic heterocycles. The third-order valence-corrected chi connectivity index (χ3v) is 4.54. The maximum atomic E-state index is 12.9. The number of hydrogen-bond donors (Lipinski definition) is 3. The lowest BCUT2D eigenvalue weighted by Gasteiger charge is -2.13. The number of pyridine rings is 1. The zero-order valence-corrected chi connectivity index (χ0v) is 18.0. The second-order valence-corrected chi connectivity index (χ2v) is 6.85. The van der Waals surface area contributed by atoms with Gasteiger partial charge in [0.2, 0.25) is 0 Å². The average Bonchev–Trinajstić information content (AvgIpc) is 2.81. The minimum Gasteiger partial charge on any atom is -0.497 e. The van der Waals surface area contributed by atoms with E-state index < -0.39 is 11.8 Å². The summed E-state index contributed by atoms with van der Waals surface area (Å²) in [6.07, 6.45) is 1.42. The molecule has 3 aromatic rings. The number of hydrogen-bond acceptors (Lipinski definition) is 6. The number of carbonyl (C=O) groups excluding carboxylic acids is 2. The first-order valence-corrected chi connectivity index (χ1v) is 9.68. The van der Waals surface area contributed by atoms with Crippen molar-refractivity contribution in [1.29, 1.82) is 0 Å². The fraction of sp³-hybridized carbons (Fsp3) is 0.0909. The molecule has 2 amide bonds. The highest BCUT2D eigenvalue weighted by atomic mass is 35.5. The number of anilines is 2. The van der Waals surface area contributed by atoms with E-state index in [4.69, 9.17) is 22.1 Å². The normalized spacial score (nSPS) is 10.9. The Kier molecular flexibility index (Phi) is 7.25. The minimum absolute atomic E-state index is 0.185. The molecule has 0 aliphatic carbocycles. The van der Waals surface area contributed by atoms with Crippen LogP contribution in [0.4, 0.5) is 11.5 Å². The van der Waals surface area contributed by atoms with Crippen LogP contribution in [-0.4, -0.2) is 36.9 Å². The molecular formula is C22H20ClN5O4. The van der Waals surface area contributed by atoms with Gasteiger partial charge in [-0.25, -0.2) is 4.98 Å². The molecule has 32 heavy (non-hydrogen) atoms. The third kappa shape index (κ3) is 5.52. The summed E-state index contributed by atoms with van der Waals surface area (Å²) in [5, 5.41) is 9.50. The first kappa shape index (κ1) is 22.6. The number of aromatic nitrogens is 1. The maximum Gasteiger partial charge on any atom is 0.259 e. The van der Waals surface area contributed by atoms with E-state index in [1.807, 2.05) is 0 Å². The molecule has 3 rings (SSSR count). The predicted octanol–water partition coefficient (Wildman–Crippen LogP) is 3.51. The smallest absolute Gasteiger partial charge is 0.259 e. The van der Waals surface area contributed by atoms with Crippen molar-refractivity contribution >= 4 is 40.8 Å². The second-order valence-electron chi connectivity index (χ2n) is 6.42. The second kappa shape index (κ2) is 10.3. The number of benzene rings is 2. The minimum atomic E-state index is -0.479. The van der Waals surface area contributed by atoms with Gasteiger partial charge in [0.1, 0.15) is 18.7 Å². The number of methoxy groups -OCH3 is 1. The van der Waals surface area contributed by atoms with Gasteiger partial charge in [0.05, 0.1) is 23.4 Å². The molecule has 10 heteroatoms. The monoisotopic (exact) mass is 453 g/mol. The van der Waals surface area contributed by atoms with E-state index in [1.165, 1.54) is 26.5 Å². The molecule has 0 unspecified atom stereocenters. The molecule has 0 atom stereocenters. The summed E-state index contributed by atoms with van der Waals surface area (Å²) in [5.41, 5.74) is 7.22. The van der Waals surface area contributed by atoms with E-state index in [0.29, 0.717) is 33.4 Å². The van der Waals surface area contributed by atoms with Gasteiger partial charge in [0.25, 0.3) is 11.8 Å². The Morgan fingerprint density at radius 2 is 1.69 bits per heavy atom. The number of amidine groups is 1. The zero-order chi connectivity index (χ0) is 23.1. The topological polar surface area (TPSA) is 128 Å². The van der Waals surface area contributed by atoms with Crippen LogP contribution in [0.5, 0.6) is 5.75 Å². The number of nitrogens with one attached hydrogen (secondary N) is 2. The van der Waals surface area contributed by atoms with Gasteiger partial charge < -0.3 is 25.9 Å². The van der Waals surface area contributed by atoms with Gasteiger partial charge in [-0.2, -0.15) is 0 Å². The number of carbonyl (C=O) groups is 2. The van der Waals surface area contributed by atoms with Crippen LogP contribution in [0, 0.1) is 0 Å². The quantitative estimate of drug-likeness (QED) is 0.285. The molecule has 0 spiro atoms. The summed E-state index contributed by atoms with van der Waals surface area (Å²) in [5.74, 6) is 0.0554. The van der Waals surface area contributed by atoms with Crippen LogP contribution in [0.3, 0.4) is 0 Å². The molecule has 0 fully saturated rings. The Morgan fingerprint density at radius 3 is 2.31 bits per heavy atom. The fourth-order valence-corrected chi connectivity index (χ4v) is 2.83. The van der Waals surface area contributed by atoms with Crippen LogP contribution >= 0.6 is 11.6 Å². The van der Waals surface area contributed by atoms with Crippen LogP contribution in [0.25, 0.3) is 0 Å². The van der Waals surface area contributed by atoms with Crippen LogP contribution in [0.2, 0.25) is 5.02 Å². The Morgan fingerprint density at radius 1 is 0.969 bits per heavy atom. The van der Waals surface area contributed by atoms with Gasteiger partial charge in [-0.05, 0) is 42.5 Å². The third-order valence-electron chi connectivity index (χ3n) is 4.32. The lowest BCUT2D eigenvalue weighted by atomic mass is 10.1. The van der Waals surface area contributed by atoms with Gasteiger partial charge in [0.15, 0.2) is 5.84 Å². The lowest BCUT2D eigenvalue weighted by molar-refractivity contribution is 0.102. The molecule has 0 aliphatic rings. The fourth-order valence-electron chi connectivity index (χ4n) is 2.72. The molecule has 164 valence electrons. The molecule has 1 aromatic heterocycles. The number of nitrogens with two attached hydrogens (primary N) is 1. The highest BCUT2D eigenvalue weighted by molar-refractivity contribution is 6.30. The van der Waals surface area contributed by atoms with Gasteiger partial charge in [0, 0.05) is 17.3 Å². The summed E-state index contributed by atoms with van der Waals surface area (Å²) in [6, 6.07) is 14.4. The molecular weight excluding hydrogens is 434 g/mol. The van der Waals surface area contributed by atoms with E-state index in [2.05, 4.69) is 25.6 Å². The molecule has 0 saturated heterocycles. The Bertz CT molecular complexity index is 1150. The number of oxime groups is 1. The van der Waals surface area contributed by atoms with Crippen LogP contribution in [0.1, 0.15) is 26.3 Å². The van der Waals surface area contributed by atoms with E-state index in [-0.39, 0.29) is 11.4 Å². The molecule has 0 radical (unpaired) electrons. The molecule has 4 N–H and O–H groups in total. The van der Waals surface area contributed by atoms with Crippen molar-refractivity contribution in [2.24, 2.45) is 10.9 Å². The maximum absolute atomic E-state index is 12.9. The van der Waals surface area contributed by atoms with Crippen molar-refractivity contribution < 1.29 is 19.2 Å². The van der Waals surface area contributed by atoms with Crippen molar-refractivity contribution in [3.05, 3.63) is 82.5 Å². The van der Waals surface area contributed by atoms with Crippen LogP contribution in [0.15, 0.2) is 65.9 Å². The largest absolute Gasteiger partial charge is 0.497 e. The number of halogens is 1. The highest BCUT2D eigenvalue weighted by Crippen LogP contribution is 2.24. The Hall–Kier alpha value is -4.11. The molecule has 1 heterocycles. The Labute approximate surface area is 189 Å². The Balaban J connectivity index is 1.82. The van der Waals surface area contributed by atoms with E-state index >= 15 is 0 Å². The van der Waals surface area contributed by atoms with Gasteiger partial charge in [-0.3, -0.25) is 9.59 Å². The van der Waals surface area contributed by atoms with Crippen molar-refractivity contribution in [3.8, 4) is 5.75 Å². The predicted molar refractivity (Wildman–Crippen MR) is 122 cm³/mol. The van der Waals surface area contributed by atoms with Crippen molar-refractivity contribution in [1.82, 2.24) is 4.98 Å². The first-order chi connectivity index (χ1) is 15.4. The highest BCUT2D eigenvalue weighted by Gasteiger charge is 2.17. The van der Waals surface area contributed by atoms with E-state index in [9.17, 15) is 9.59 Å². The summed E-state index contributed by atoms with van der Waals surface area (Å²) < 4.78 is 5.21. The zero-order valence-electron chi connectivity index (χ0n) is 17.3. The number of rotatable bonds is 7.